The Kier molecular flexibility index (Phi) is 23.9. The number of aromatic nitrogens is 4. The smallest absolute Gasteiger partial charge is 0.310 e. The van der Waals surface area contributed by atoms with Gasteiger partial charge in [0.2, 0.25) is 5.91 Å². The normalized spacial score (nSPS) is 33.6. The SMILES string of the molecule is C=Cc1c(C)c2cc3nc(c(CC(=O)OC)c4nc(cc5[nH]c(cc1[nH]2)c(C)c5CC)C(C)=C4C(=O)NCCN(C[C@H]1OC(O)[C@H](O)[C@@H](O)[C@H]1O)C[C@H]1OC(O)[C@H](O)[C@@H](O)[C@H]1O)[C@@H](CCC(=O)NCCN(C[C@H]1OC(O)[C@H](O)[C@@H](O)[C@H]1O)C[C@H]1OC(O)[C@H](O)[C@@H](O)[C@H]1O)[C@@H]3C. The van der Waals surface area contributed by atoms with E-state index >= 15 is 4.79 Å². The summed E-state index contributed by atoms with van der Waals surface area (Å²) in [7, 11) is 1.19. The van der Waals surface area contributed by atoms with Crippen LogP contribution in [0.5, 0.6) is 0 Å². The number of rotatable bonds is 22. The number of H-pyrrole nitrogens is 2. The fourth-order valence-electron chi connectivity index (χ4n) is 13.3. The van der Waals surface area contributed by atoms with Crippen molar-refractivity contribution in [3.05, 3.63) is 75.4 Å². The maximum Gasteiger partial charge on any atom is 0.310 e. The van der Waals surface area contributed by atoms with Crippen molar-refractivity contribution in [2.24, 2.45) is 0 Å². The highest BCUT2D eigenvalue weighted by atomic mass is 16.7. The molecule has 4 fully saturated rings. The monoisotopic (exact) mass is 1340 g/mol. The van der Waals surface area contributed by atoms with Crippen LogP contribution in [0, 0.1) is 13.8 Å². The Labute approximate surface area is 545 Å². The molecule has 4 unspecified atom stereocenters. The van der Waals surface area contributed by atoms with Gasteiger partial charge in [0.15, 0.2) is 25.2 Å². The molecule has 4 saturated heterocycles. The van der Waals surface area contributed by atoms with E-state index in [0.717, 1.165) is 33.3 Å². The number of aliphatic hydroxyl groups excluding tert-OH is 16. The Hall–Kier alpha value is -5.87. The molecule has 0 spiro atoms. The summed E-state index contributed by atoms with van der Waals surface area (Å²) in [5.41, 5.74) is 8.05. The maximum absolute atomic E-state index is 15.3. The lowest BCUT2D eigenvalue weighted by Crippen LogP contribution is -2.62. The lowest BCUT2D eigenvalue weighted by Gasteiger charge is -2.43. The van der Waals surface area contributed by atoms with Crippen LogP contribution < -0.4 is 10.6 Å². The van der Waals surface area contributed by atoms with E-state index in [2.05, 4.69) is 27.2 Å². The molecule has 3 aromatic rings. The third-order valence-corrected chi connectivity index (χ3v) is 19.2. The highest BCUT2D eigenvalue weighted by Gasteiger charge is 2.49. The first-order chi connectivity index (χ1) is 45.0. The molecule has 0 saturated carbocycles. The van der Waals surface area contributed by atoms with Crippen LogP contribution in [0.2, 0.25) is 0 Å². The van der Waals surface area contributed by atoms with Crippen molar-refractivity contribution in [3.63, 3.8) is 0 Å². The largest absolute Gasteiger partial charge is 0.469 e. The number of aliphatic hydroxyl groups is 16. The van der Waals surface area contributed by atoms with Crippen molar-refractivity contribution in [2.45, 2.75) is 195 Å². The summed E-state index contributed by atoms with van der Waals surface area (Å²) in [6, 6.07) is 5.64. The van der Waals surface area contributed by atoms with Gasteiger partial charge < -0.3 is 126 Å². The summed E-state index contributed by atoms with van der Waals surface area (Å²) >= 11 is 0. The molecule has 6 aliphatic rings. The molecule has 8 bridgehead atoms. The number of aryl methyl sites for hydroxylation is 3. The van der Waals surface area contributed by atoms with Crippen LogP contribution in [0.3, 0.4) is 0 Å². The van der Waals surface area contributed by atoms with Gasteiger partial charge in [0.25, 0.3) is 5.91 Å². The van der Waals surface area contributed by atoms with Crippen LogP contribution in [0.25, 0.3) is 39.3 Å². The van der Waals surface area contributed by atoms with Crippen LogP contribution in [0.15, 0.2) is 24.8 Å². The molecule has 95 heavy (non-hydrogen) atoms. The average Bonchev–Trinajstić information content (AvgIpc) is 1.62. The second-order valence-corrected chi connectivity index (χ2v) is 25.2. The summed E-state index contributed by atoms with van der Waals surface area (Å²) in [4.78, 5) is 63.9. The summed E-state index contributed by atoms with van der Waals surface area (Å²) in [6.45, 7) is 11.5. The van der Waals surface area contributed by atoms with Crippen LogP contribution in [-0.2, 0) is 50.9 Å². The maximum atomic E-state index is 15.3. The number of fused-ring (bicyclic) bond motifs is 8. The fraction of sp³-hybridized carbons (Fsp3) is 0.635. The van der Waals surface area contributed by atoms with E-state index in [9.17, 15) is 91.3 Å². The number of carbonyl (C=O) groups is 3. The molecule has 526 valence electrons. The Bertz CT molecular complexity index is 3390. The number of hydrogen-bond acceptors (Lipinski definition) is 28. The molecular formula is C63H90N8O24. The van der Waals surface area contributed by atoms with E-state index in [1.54, 1.807) is 19.1 Å². The lowest BCUT2D eigenvalue weighted by atomic mass is 9.84. The number of nitrogens with one attached hydrogen (secondary N) is 4. The van der Waals surface area contributed by atoms with E-state index in [1.165, 1.54) is 16.9 Å². The van der Waals surface area contributed by atoms with Gasteiger partial charge in [0.1, 0.15) is 97.7 Å². The average molecular weight is 1340 g/mol. The topological polar surface area (TPSA) is 509 Å². The van der Waals surface area contributed by atoms with Gasteiger partial charge >= 0.3 is 5.97 Å². The first kappa shape index (κ1) is 73.4. The summed E-state index contributed by atoms with van der Waals surface area (Å²) in [5, 5.41) is 174. The van der Waals surface area contributed by atoms with Gasteiger partial charge in [-0.1, -0.05) is 26.5 Å². The second-order valence-electron chi connectivity index (χ2n) is 25.2. The van der Waals surface area contributed by atoms with E-state index in [1.807, 2.05) is 39.8 Å². The first-order valence-electron chi connectivity index (χ1n) is 31.7. The number of amides is 2. The molecule has 2 amide bonds. The molecule has 9 rings (SSSR count). The predicted molar refractivity (Wildman–Crippen MR) is 333 cm³/mol. The fourth-order valence-corrected chi connectivity index (χ4v) is 13.3. The standard InChI is InChI=1S/C63H90N8O24/c1-8-28-24(3)32-17-34-26(5)30(10-11-42(72)64-12-14-70(20-38-47(74)51(78)55(82)60(87)92-38)21-39-48(75)52(79)56(83)61(88)93-39)45(68-34)31(16-43(73)91-7)46-44(27(6)35(69-46)19-37-29(9-2)25(4)33(67-37)18-36(28)66-32)59(86)65-13-15-71(22-40-49(76)53(80)57(84)62(89)94-40)23-41-50(77)54(81)58(85)63(90)95-41/h8,17-19,26,30,38-41,47-58,60-63,66-67,74-85,87-90H,1,9-16,20-23H2,2-7H3,(H,64,72)(H,65,86)/t26-,30-,38+,39+,40+,41+,47-,48-,49-,50-,51-,52-,53-,54-,55+,56+,57+,58+,60?,61?,62?,63?/m0/s1. The number of nitrogens with zero attached hydrogens (tertiary/aromatic N) is 4. The van der Waals surface area contributed by atoms with Crippen LogP contribution >= 0.6 is 0 Å². The minimum Gasteiger partial charge on any atom is -0.469 e. The quantitative estimate of drug-likeness (QED) is 0.0417. The molecule has 0 aliphatic carbocycles. The van der Waals surface area contributed by atoms with Crippen molar-refractivity contribution in [1.82, 2.24) is 40.4 Å². The summed E-state index contributed by atoms with van der Waals surface area (Å²) < 4.78 is 27.1. The summed E-state index contributed by atoms with van der Waals surface area (Å²) in [5.74, 6) is -3.14. The molecule has 3 aromatic heterocycles. The zero-order valence-electron chi connectivity index (χ0n) is 53.4. The van der Waals surface area contributed by atoms with Crippen molar-refractivity contribution < 1.29 is 120 Å². The molecule has 0 aromatic carbocycles. The van der Waals surface area contributed by atoms with Crippen LogP contribution in [0.1, 0.15) is 96.0 Å². The van der Waals surface area contributed by atoms with Crippen molar-refractivity contribution in [2.75, 3.05) is 59.5 Å². The van der Waals surface area contributed by atoms with Gasteiger partial charge in [-0.2, -0.15) is 0 Å². The van der Waals surface area contributed by atoms with E-state index in [-0.39, 0.29) is 82.0 Å². The Morgan fingerprint density at radius 3 is 1.49 bits per heavy atom. The first-order valence-corrected chi connectivity index (χ1v) is 31.7. The highest BCUT2D eigenvalue weighted by Crippen LogP contribution is 2.44. The summed E-state index contributed by atoms with van der Waals surface area (Å²) in [6.07, 6.45) is -33.4. The zero-order valence-corrected chi connectivity index (χ0v) is 53.4. The molecule has 6 aliphatic heterocycles. The molecular weight excluding hydrogens is 1250 g/mol. The highest BCUT2D eigenvalue weighted by molar-refractivity contribution is 6.27. The number of hydrogen-bond donors (Lipinski definition) is 20. The number of ether oxygens (including phenoxy) is 5. The van der Waals surface area contributed by atoms with Gasteiger partial charge in [0, 0.05) is 110 Å². The Morgan fingerprint density at radius 1 is 0.589 bits per heavy atom. The van der Waals surface area contributed by atoms with Gasteiger partial charge in [-0.05, 0) is 74.1 Å². The molecule has 32 heteroatoms. The molecule has 9 heterocycles. The van der Waals surface area contributed by atoms with Crippen LogP contribution in [-0.4, -0.2) is 312 Å². The lowest BCUT2D eigenvalue weighted by molar-refractivity contribution is -0.291. The minimum absolute atomic E-state index is 0.00300. The third-order valence-electron chi connectivity index (χ3n) is 19.2. The number of aromatic amines is 2. The molecule has 22 atom stereocenters. The second kappa shape index (κ2) is 30.9. The predicted octanol–water partition coefficient (Wildman–Crippen LogP) is -5.51. The van der Waals surface area contributed by atoms with Gasteiger partial charge in [-0.3, -0.25) is 29.2 Å². The van der Waals surface area contributed by atoms with Crippen LogP contribution in [0.4, 0.5) is 0 Å². The van der Waals surface area contributed by atoms with Crippen molar-refractivity contribution in [3.8, 4) is 0 Å². The van der Waals surface area contributed by atoms with Crippen molar-refractivity contribution in [1.29, 1.82) is 0 Å². The van der Waals surface area contributed by atoms with Crippen molar-refractivity contribution >= 4 is 57.1 Å². The molecule has 32 nitrogen and oxygen atoms in total. The van der Waals surface area contributed by atoms with E-state index in [4.69, 9.17) is 33.7 Å². The Morgan fingerprint density at radius 2 is 1.04 bits per heavy atom. The number of methoxy groups -OCH3 is 1. The van der Waals surface area contributed by atoms with Gasteiger partial charge in [0.05, 0.1) is 36.2 Å². The van der Waals surface area contributed by atoms with Gasteiger partial charge in [-0.15, -0.1) is 0 Å². The third kappa shape index (κ3) is 15.5. The van der Waals surface area contributed by atoms with Gasteiger partial charge in [-0.25, -0.2) is 4.98 Å². The minimum atomic E-state index is -1.94. The Balaban J connectivity index is 1.08. The number of esters is 1. The van der Waals surface area contributed by atoms with E-state index in [0.29, 0.717) is 40.1 Å². The molecule has 20 N–H and O–H groups in total. The molecule has 0 radical (unpaired) electrons. The zero-order chi connectivity index (χ0) is 69.3. The number of allylic oxidation sites excluding steroid dienone is 1. The van der Waals surface area contributed by atoms with E-state index < -0.39 is 159 Å². The number of carbonyl (C=O) groups excluding carboxylic acids is 3.